The molecule has 4 atom stereocenters. The maximum Gasteiger partial charge on any atom is 0.0188 e. The highest BCUT2D eigenvalue weighted by Crippen LogP contribution is 2.47. The second kappa shape index (κ2) is 5.50. The number of hydrogen-bond acceptors (Lipinski definition) is 2. The summed E-state index contributed by atoms with van der Waals surface area (Å²) in [6.07, 6.45) is 5.86. The maximum atomic E-state index is 2.72. The summed E-state index contributed by atoms with van der Waals surface area (Å²) < 4.78 is 0. The molecule has 2 rings (SSSR count). The summed E-state index contributed by atoms with van der Waals surface area (Å²) in [5.74, 6) is 1.88. The summed E-state index contributed by atoms with van der Waals surface area (Å²) >= 11 is 0. The van der Waals surface area contributed by atoms with Gasteiger partial charge in [0.2, 0.25) is 0 Å². The topological polar surface area (TPSA) is 6.48 Å². The highest BCUT2D eigenvalue weighted by atomic mass is 15.2. The lowest BCUT2D eigenvalue weighted by molar-refractivity contribution is 0.104. The van der Waals surface area contributed by atoms with E-state index in [9.17, 15) is 0 Å². The fraction of sp³-hybridized carbons (Fsp3) is 1.00. The first-order valence-corrected chi connectivity index (χ1v) is 7.81. The van der Waals surface area contributed by atoms with E-state index in [1.54, 1.807) is 0 Å². The standard InChI is InChI=1S/C16H32N2/c1-13-6-7-16(10-14(13)2)8-9-18(12-16)11-15(3)17(4)5/h13-15H,6-12H2,1-5H3. The van der Waals surface area contributed by atoms with Crippen molar-refractivity contribution < 1.29 is 0 Å². The van der Waals surface area contributed by atoms with E-state index in [1.807, 2.05) is 0 Å². The van der Waals surface area contributed by atoms with E-state index in [1.165, 1.54) is 45.3 Å². The zero-order chi connectivity index (χ0) is 13.3. The minimum Gasteiger partial charge on any atom is -0.305 e. The first-order valence-electron chi connectivity index (χ1n) is 7.81. The lowest BCUT2D eigenvalue weighted by Gasteiger charge is -2.40. The summed E-state index contributed by atoms with van der Waals surface area (Å²) in [6, 6.07) is 0.681. The lowest BCUT2D eigenvalue weighted by Crippen LogP contribution is -2.40. The molecular formula is C16H32N2. The molecule has 2 heteroatoms. The number of likely N-dealkylation sites (tertiary alicyclic amines) is 1. The maximum absolute atomic E-state index is 2.72. The molecule has 1 aliphatic carbocycles. The first-order chi connectivity index (χ1) is 8.42. The Labute approximate surface area is 114 Å². The Bertz CT molecular complexity index is 276. The predicted molar refractivity (Wildman–Crippen MR) is 78.8 cm³/mol. The molecule has 2 fully saturated rings. The molecule has 0 aromatic rings. The Kier molecular flexibility index (Phi) is 4.38. The van der Waals surface area contributed by atoms with Gasteiger partial charge in [-0.25, -0.2) is 0 Å². The predicted octanol–water partition coefficient (Wildman–Crippen LogP) is 3.08. The second-order valence-electron chi connectivity index (χ2n) is 7.50. The normalized spacial score (nSPS) is 39.7. The molecule has 2 nitrogen and oxygen atoms in total. The van der Waals surface area contributed by atoms with Gasteiger partial charge in [0, 0.05) is 19.1 Å². The van der Waals surface area contributed by atoms with Crippen LogP contribution in [-0.2, 0) is 0 Å². The molecule has 1 saturated heterocycles. The van der Waals surface area contributed by atoms with Gasteiger partial charge in [-0.15, -0.1) is 0 Å². The third-order valence-corrected chi connectivity index (χ3v) is 5.78. The third-order valence-electron chi connectivity index (χ3n) is 5.78. The summed E-state index contributed by atoms with van der Waals surface area (Å²) in [5.41, 5.74) is 0.679. The largest absolute Gasteiger partial charge is 0.305 e. The van der Waals surface area contributed by atoms with Gasteiger partial charge in [0.1, 0.15) is 0 Å². The molecule has 18 heavy (non-hydrogen) atoms. The van der Waals surface area contributed by atoms with Crippen LogP contribution in [0.15, 0.2) is 0 Å². The fourth-order valence-electron chi connectivity index (χ4n) is 3.90. The zero-order valence-electron chi connectivity index (χ0n) is 13.1. The van der Waals surface area contributed by atoms with Crippen LogP contribution in [0.3, 0.4) is 0 Å². The van der Waals surface area contributed by atoms with Crippen LogP contribution >= 0.6 is 0 Å². The van der Waals surface area contributed by atoms with E-state index in [2.05, 4.69) is 44.7 Å². The van der Waals surface area contributed by atoms with E-state index < -0.39 is 0 Å². The van der Waals surface area contributed by atoms with Crippen molar-refractivity contribution in [1.29, 1.82) is 0 Å². The van der Waals surface area contributed by atoms with Crippen molar-refractivity contribution in [3.05, 3.63) is 0 Å². The quantitative estimate of drug-likeness (QED) is 0.761. The lowest BCUT2D eigenvalue weighted by atomic mass is 9.66. The monoisotopic (exact) mass is 252 g/mol. The average molecular weight is 252 g/mol. The molecule has 2 aliphatic rings. The molecular weight excluding hydrogens is 220 g/mol. The van der Waals surface area contributed by atoms with Crippen molar-refractivity contribution in [2.24, 2.45) is 17.3 Å². The Balaban J connectivity index is 1.88. The molecule has 0 aromatic carbocycles. The van der Waals surface area contributed by atoms with Crippen molar-refractivity contribution in [3.63, 3.8) is 0 Å². The van der Waals surface area contributed by atoms with Gasteiger partial charge in [-0.05, 0) is 70.5 Å². The summed E-state index contributed by atoms with van der Waals surface area (Å²) in [6.45, 7) is 11.2. The van der Waals surface area contributed by atoms with Crippen LogP contribution in [0.1, 0.15) is 46.5 Å². The van der Waals surface area contributed by atoms with Crippen LogP contribution in [0.2, 0.25) is 0 Å². The summed E-state index contributed by atoms with van der Waals surface area (Å²) in [5, 5.41) is 0. The van der Waals surface area contributed by atoms with Gasteiger partial charge in [0.05, 0.1) is 0 Å². The van der Waals surface area contributed by atoms with Crippen LogP contribution in [0.25, 0.3) is 0 Å². The van der Waals surface area contributed by atoms with Crippen molar-refractivity contribution >= 4 is 0 Å². The SMILES string of the molecule is CC1CCC2(CCN(CC(C)N(C)C)C2)CC1C. The van der Waals surface area contributed by atoms with Gasteiger partial charge >= 0.3 is 0 Å². The van der Waals surface area contributed by atoms with Crippen molar-refractivity contribution in [2.75, 3.05) is 33.7 Å². The average Bonchev–Trinajstić information content (AvgIpc) is 2.67. The first kappa shape index (κ1) is 14.3. The Hall–Kier alpha value is -0.0800. The molecule has 106 valence electrons. The zero-order valence-corrected chi connectivity index (χ0v) is 13.1. The molecule has 1 aliphatic heterocycles. The minimum absolute atomic E-state index is 0.679. The van der Waals surface area contributed by atoms with Crippen LogP contribution in [0, 0.1) is 17.3 Å². The number of hydrogen-bond donors (Lipinski definition) is 0. The summed E-state index contributed by atoms with van der Waals surface area (Å²) in [4.78, 5) is 5.06. The molecule has 0 aromatic heterocycles. The van der Waals surface area contributed by atoms with Crippen molar-refractivity contribution in [1.82, 2.24) is 9.80 Å². The van der Waals surface area contributed by atoms with Gasteiger partial charge < -0.3 is 9.80 Å². The fourth-order valence-corrected chi connectivity index (χ4v) is 3.90. The highest BCUT2D eigenvalue weighted by Gasteiger charge is 2.42. The molecule has 4 unspecified atom stereocenters. The summed E-state index contributed by atoms with van der Waals surface area (Å²) in [7, 11) is 4.39. The van der Waals surface area contributed by atoms with Crippen molar-refractivity contribution in [3.8, 4) is 0 Å². The van der Waals surface area contributed by atoms with E-state index in [0.717, 1.165) is 11.8 Å². The molecule has 1 saturated carbocycles. The van der Waals surface area contributed by atoms with Gasteiger partial charge in [0.25, 0.3) is 0 Å². The smallest absolute Gasteiger partial charge is 0.0188 e. The molecule has 0 radical (unpaired) electrons. The van der Waals surface area contributed by atoms with Gasteiger partial charge in [-0.2, -0.15) is 0 Å². The Morgan fingerprint density at radius 1 is 1.22 bits per heavy atom. The number of rotatable bonds is 3. The van der Waals surface area contributed by atoms with E-state index >= 15 is 0 Å². The van der Waals surface area contributed by atoms with Gasteiger partial charge in [-0.3, -0.25) is 0 Å². The van der Waals surface area contributed by atoms with E-state index in [-0.39, 0.29) is 0 Å². The van der Waals surface area contributed by atoms with Crippen LogP contribution in [-0.4, -0.2) is 49.6 Å². The van der Waals surface area contributed by atoms with Crippen molar-refractivity contribution in [2.45, 2.75) is 52.5 Å². The molecule has 0 bridgehead atoms. The molecule has 0 N–H and O–H groups in total. The van der Waals surface area contributed by atoms with Crippen LogP contribution < -0.4 is 0 Å². The highest BCUT2D eigenvalue weighted by molar-refractivity contribution is 4.95. The molecule has 1 spiro atoms. The Morgan fingerprint density at radius 2 is 1.94 bits per heavy atom. The third kappa shape index (κ3) is 3.08. The number of likely N-dealkylation sites (N-methyl/N-ethyl adjacent to an activating group) is 1. The van der Waals surface area contributed by atoms with E-state index in [4.69, 9.17) is 0 Å². The number of nitrogens with zero attached hydrogens (tertiary/aromatic N) is 2. The minimum atomic E-state index is 0.679. The molecule has 0 amide bonds. The Morgan fingerprint density at radius 3 is 2.56 bits per heavy atom. The van der Waals surface area contributed by atoms with Crippen LogP contribution in [0.5, 0.6) is 0 Å². The van der Waals surface area contributed by atoms with Gasteiger partial charge in [-0.1, -0.05) is 13.8 Å². The second-order valence-corrected chi connectivity index (χ2v) is 7.50. The molecule has 1 heterocycles. The van der Waals surface area contributed by atoms with Crippen LogP contribution in [0.4, 0.5) is 0 Å². The van der Waals surface area contributed by atoms with Gasteiger partial charge in [0.15, 0.2) is 0 Å². The van der Waals surface area contributed by atoms with E-state index in [0.29, 0.717) is 11.5 Å².